The molecule has 0 aliphatic carbocycles. The predicted octanol–water partition coefficient (Wildman–Crippen LogP) is 3.92. The standard InChI is InChI=1S/C14H18/c1-11(2)8-13-6-5-7-14(10-13)9-12(3)4/h5-7,10H,1,3,8-9H2,2,4H3. The van der Waals surface area contributed by atoms with Crippen LogP contribution in [-0.2, 0) is 12.8 Å². The number of benzene rings is 1. The SMILES string of the molecule is C=C(C)Cc1cccc(CC(=C)C)c1. The Morgan fingerprint density at radius 2 is 1.43 bits per heavy atom. The molecular formula is C14H18. The Kier molecular flexibility index (Phi) is 3.70. The van der Waals surface area contributed by atoms with Gasteiger partial charge in [0.1, 0.15) is 0 Å². The summed E-state index contributed by atoms with van der Waals surface area (Å²) in [6.45, 7) is 12.0. The Labute approximate surface area is 87.0 Å². The van der Waals surface area contributed by atoms with Gasteiger partial charge < -0.3 is 0 Å². The van der Waals surface area contributed by atoms with Crippen molar-refractivity contribution in [1.82, 2.24) is 0 Å². The van der Waals surface area contributed by atoms with E-state index in [4.69, 9.17) is 0 Å². The average molecular weight is 186 g/mol. The first-order valence-corrected chi connectivity index (χ1v) is 4.94. The molecule has 0 N–H and O–H groups in total. The second kappa shape index (κ2) is 4.80. The number of hydrogen-bond acceptors (Lipinski definition) is 0. The van der Waals surface area contributed by atoms with Crippen molar-refractivity contribution in [3.63, 3.8) is 0 Å². The summed E-state index contributed by atoms with van der Waals surface area (Å²) >= 11 is 0. The lowest BCUT2D eigenvalue weighted by Gasteiger charge is -2.04. The van der Waals surface area contributed by atoms with Gasteiger partial charge in [0.2, 0.25) is 0 Å². The minimum Gasteiger partial charge on any atom is -0.0998 e. The van der Waals surface area contributed by atoms with Gasteiger partial charge in [-0.1, -0.05) is 48.6 Å². The number of allylic oxidation sites excluding steroid dienone is 2. The van der Waals surface area contributed by atoms with E-state index in [0.29, 0.717) is 0 Å². The van der Waals surface area contributed by atoms with Crippen molar-refractivity contribution >= 4 is 0 Å². The Bertz CT molecular complexity index is 314. The maximum Gasteiger partial charge on any atom is -0.00725 e. The zero-order valence-electron chi connectivity index (χ0n) is 9.14. The van der Waals surface area contributed by atoms with Crippen molar-refractivity contribution in [1.29, 1.82) is 0 Å². The van der Waals surface area contributed by atoms with Gasteiger partial charge in [0.05, 0.1) is 0 Å². The molecule has 0 amide bonds. The lowest BCUT2D eigenvalue weighted by Crippen LogP contribution is -1.90. The van der Waals surface area contributed by atoms with Gasteiger partial charge in [-0.05, 0) is 37.8 Å². The maximum absolute atomic E-state index is 3.92. The smallest absolute Gasteiger partial charge is 0.00725 e. The second-order valence-corrected chi connectivity index (χ2v) is 4.09. The van der Waals surface area contributed by atoms with E-state index in [2.05, 4.69) is 51.3 Å². The van der Waals surface area contributed by atoms with Crippen LogP contribution in [0.2, 0.25) is 0 Å². The molecule has 0 spiro atoms. The molecule has 0 saturated heterocycles. The van der Waals surface area contributed by atoms with Crippen LogP contribution in [0, 0.1) is 0 Å². The van der Waals surface area contributed by atoms with Gasteiger partial charge >= 0.3 is 0 Å². The van der Waals surface area contributed by atoms with Crippen LogP contribution in [0.3, 0.4) is 0 Å². The van der Waals surface area contributed by atoms with E-state index in [0.717, 1.165) is 12.8 Å². The number of rotatable bonds is 4. The lowest BCUT2D eigenvalue weighted by atomic mass is 10.0. The van der Waals surface area contributed by atoms with E-state index in [1.807, 2.05) is 0 Å². The molecule has 1 aromatic rings. The summed E-state index contributed by atoms with van der Waals surface area (Å²) in [6, 6.07) is 8.65. The molecule has 14 heavy (non-hydrogen) atoms. The first kappa shape index (κ1) is 10.8. The van der Waals surface area contributed by atoms with Gasteiger partial charge in [0.15, 0.2) is 0 Å². The molecule has 1 aromatic carbocycles. The molecule has 0 atom stereocenters. The van der Waals surface area contributed by atoms with E-state index >= 15 is 0 Å². The maximum atomic E-state index is 3.92. The highest BCUT2D eigenvalue weighted by Crippen LogP contribution is 2.12. The molecule has 0 heteroatoms. The Hall–Kier alpha value is -1.30. The molecule has 0 radical (unpaired) electrons. The third-order valence-corrected chi connectivity index (χ3v) is 2.00. The van der Waals surface area contributed by atoms with Crippen LogP contribution in [0.1, 0.15) is 25.0 Å². The Morgan fingerprint density at radius 1 is 1.00 bits per heavy atom. The van der Waals surface area contributed by atoms with E-state index < -0.39 is 0 Å². The van der Waals surface area contributed by atoms with Crippen molar-refractivity contribution in [3.8, 4) is 0 Å². The van der Waals surface area contributed by atoms with Gasteiger partial charge in [-0.25, -0.2) is 0 Å². The summed E-state index contributed by atoms with van der Waals surface area (Å²) < 4.78 is 0. The molecule has 0 fully saturated rings. The highest BCUT2D eigenvalue weighted by Gasteiger charge is 1.96. The number of hydrogen-bond donors (Lipinski definition) is 0. The van der Waals surface area contributed by atoms with E-state index in [1.165, 1.54) is 22.3 Å². The minimum atomic E-state index is 0.976. The van der Waals surface area contributed by atoms with Crippen LogP contribution >= 0.6 is 0 Å². The average Bonchev–Trinajstić information content (AvgIpc) is 2.01. The fourth-order valence-electron chi connectivity index (χ4n) is 1.55. The minimum absolute atomic E-state index is 0.976. The van der Waals surface area contributed by atoms with Crippen LogP contribution in [0.25, 0.3) is 0 Å². The highest BCUT2D eigenvalue weighted by molar-refractivity contribution is 5.28. The van der Waals surface area contributed by atoms with Gasteiger partial charge in [-0.2, -0.15) is 0 Å². The molecule has 0 aliphatic rings. The fourth-order valence-corrected chi connectivity index (χ4v) is 1.55. The first-order valence-electron chi connectivity index (χ1n) is 4.94. The van der Waals surface area contributed by atoms with Crippen molar-refractivity contribution in [2.24, 2.45) is 0 Å². The van der Waals surface area contributed by atoms with Crippen molar-refractivity contribution < 1.29 is 0 Å². The largest absolute Gasteiger partial charge is 0.0998 e. The Morgan fingerprint density at radius 3 is 1.79 bits per heavy atom. The molecule has 0 aliphatic heterocycles. The predicted molar refractivity (Wildman–Crippen MR) is 63.5 cm³/mol. The summed E-state index contributed by atoms with van der Waals surface area (Å²) in [5, 5.41) is 0. The second-order valence-electron chi connectivity index (χ2n) is 4.09. The topological polar surface area (TPSA) is 0 Å². The molecule has 0 saturated carbocycles. The van der Waals surface area contributed by atoms with Crippen LogP contribution in [0.4, 0.5) is 0 Å². The highest BCUT2D eigenvalue weighted by atomic mass is 14.0. The first-order chi connectivity index (χ1) is 6.58. The molecule has 0 bridgehead atoms. The molecule has 1 rings (SSSR count). The van der Waals surface area contributed by atoms with Gasteiger partial charge in [0, 0.05) is 0 Å². The van der Waals surface area contributed by atoms with Crippen molar-refractivity contribution in [3.05, 3.63) is 59.7 Å². The molecule has 0 heterocycles. The van der Waals surface area contributed by atoms with E-state index in [9.17, 15) is 0 Å². The van der Waals surface area contributed by atoms with Crippen LogP contribution in [0.5, 0.6) is 0 Å². The molecule has 0 unspecified atom stereocenters. The van der Waals surface area contributed by atoms with Crippen LogP contribution in [0.15, 0.2) is 48.6 Å². The summed E-state index contributed by atoms with van der Waals surface area (Å²) in [4.78, 5) is 0. The normalized spacial score (nSPS) is 9.86. The van der Waals surface area contributed by atoms with Gasteiger partial charge in [0.25, 0.3) is 0 Å². The van der Waals surface area contributed by atoms with Crippen LogP contribution < -0.4 is 0 Å². The van der Waals surface area contributed by atoms with Gasteiger partial charge in [-0.15, -0.1) is 0 Å². The zero-order valence-corrected chi connectivity index (χ0v) is 9.14. The van der Waals surface area contributed by atoms with Crippen molar-refractivity contribution in [2.75, 3.05) is 0 Å². The monoisotopic (exact) mass is 186 g/mol. The van der Waals surface area contributed by atoms with Gasteiger partial charge in [-0.3, -0.25) is 0 Å². The Balaban J connectivity index is 2.78. The quantitative estimate of drug-likeness (QED) is 0.625. The summed E-state index contributed by atoms with van der Waals surface area (Å²) in [7, 11) is 0. The lowest BCUT2D eigenvalue weighted by molar-refractivity contribution is 1.11. The zero-order chi connectivity index (χ0) is 10.6. The summed E-state index contributed by atoms with van der Waals surface area (Å²) in [5.74, 6) is 0. The third kappa shape index (κ3) is 3.61. The summed E-state index contributed by atoms with van der Waals surface area (Å²) in [5.41, 5.74) is 5.10. The summed E-state index contributed by atoms with van der Waals surface area (Å²) in [6.07, 6.45) is 1.95. The van der Waals surface area contributed by atoms with E-state index in [1.54, 1.807) is 0 Å². The van der Waals surface area contributed by atoms with Crippen LogP contribution in [-0.4, -0.2) is 0 Å². The molecular weight excluding hydrogens is 168 g/mol. The fraction of sp³-hybridized carbons (Fsp3) is 0.286. The third-order valence-electron chi connectivity index (χ3n) is 2.00. The van der Waals surface area contributed by atoms with Crippen molar-refractivity contribution in [2.45, 2.75) is 26.7 Å². The molecule has 74 valence electrons. The molecule has 0 nitrogen and oxygen atoms in total. The molecule has 0 aromatic heterocycles. The van der Waals surface area contributed by atoms with E-state index in [-0.39, 0.29) is 0 Å².